The van der Waals surface area contributed by atoms with E-state index in [0.717, 1.165) is 95.7 Å². The van der Waals surface area contributed by atoms with Crippen LogP contribution in [0.1, 0.15) is 112 Å². The van der Waals surface area contributed by atoms with Crippen molar-refractivity contribution in [3.63, 3.8) is 0 Å². The molecule has 19 rings (SSSR count). The van der Waals surface area contributed by atoms with E-state index in [9.17, 15) is 54.8 Å². The highest BCUT2D eigenvalue weighted by Crippen LogP contribution is 2.41. The van der Waals surface area contributed by atoms with E-state index in [1.54, 1.807) is 69.6 Å². The number of hydrogen-bond donors (Lipinski definition) is 6. The van der Waals surface area contributed by atoms with E-state index >= 15 is 0 Å². The zero-order valence-corrected chi connectivity index (χ0v) is 69.8. The van der Waals surface area contributed by atoms with Crippen LogP contribution in [0, 0.1) is 10.1 Å². The molecule has 0 unspecified atom stereocenters. The summed E-state index contributed by atoms with van der Waals surface area (Å²) in [6.45, 7) is 24.5. The van der Waals surface area contributed by atoms with Crippen molar-refractivity contribution >= 4 is 85.6 Å². The molecule has 32 heteroatoms. The lowest BCUT2D eigenvalue weighted by Crippen LogP contribution is -2.49. The third kappa shape index (κ3) is 19.3. The van der Waals surface area contributed by atoms with Crippen LogP contribution < -0.4 is 24.6 Å². The number of aromatic nitrogens is 6. The minimum absolute atomic E-state index is 0.00105. The second-order valence-electron chi connectivity index (χ2n) is 32.0. The van der Waals surface area contributed by atoms with Gasteiger partial charge in [-0.25, -0.2) is 34.7 Å². The van der Waals surface area contributed by atoms with Crippen LogP contribution in [0.2, 0.25) is 0 Å². The van der Waals surface area contributed by atoms with Gasteiger partial charge in [-0.1, -0.05) is 88.4 Å². The number of carbonyl (C=O) groups is 4. The lowest BCUT2D eigenvalue weighted by molar-refractivity contribution is -0.384. The quantitative estimate of drug-likeness (QED) is 0.0240. The summed E-state index contributed by atoms with van der Waals surface area (Å²) in [7, 11) is 0. The Morgan fingerprint density at radius 2 is 0.952 bits per heavy atom. The van der Waals surface area contributed by atoms with Gasteiger partial charge in [-0.3, -0.25) is 34.3 Å². The van der Waals surface area contributed by atoms with Gasteiger partial charge in [0, 0.05) is 173 Å². The fourth-order valence-electron chi connectivity index (χ4n) is 16.1. The summed E-state index contributed by atoms with van der Waals surface area (Å²) >= 11 is 0. The highest BCUT2D eigenvalue weighted by molar-refractivity contribution is 6.06. The number of ether oxygens (including phenoxy) is 4. The average molecular weight is 1690 g/mol. The Hall–Kier alpha value is -13.9. The molecule has 6 aliphatic heterocycles. The van der Waals surface area contributed by atoms with Gasteiger partial charge in [-0.15, -0.1) is 0 Å². The molecule has 13 aromatic rings. The van der Waals surface area contributed by atoms with Gasteiger partial charge in [0.15, 0.2) is 34.5 Å². The minimum atomic E-state index is -0.516. The van der Waals surface area contributed by atoms with Gasteiger partial charge in [0.05, 0.1) is 53.3 Å². The van der Waals surface area contributed by atoms with Crippen molar-refractivity contribution in [3.05, 3.63) is 236 Å². The molecule has 4 saturated heterocycles. The number of nitro benzene ring substituents is 1. The summed E-state index contributed by atoms with van der Waals surface area (Å²) in [4.78, 5) is 102. The predicted octanol–water partition coefficient (Wildman–Crippen LogP) is 13.6. The number of benzene rings is 7. The molecule has 6 aromatic heterocycles. The molecule has 6 N–H and O–H groups in total. The molecular formula is C93H95N15O17. The molecule has 0 saturated carbocycles. The highest BCUT2D eigenvalue weighted by atomic mass is 16.6. The van der Waals surface area contributed by atoms with Crippen LogP contribution in [0.4, 0.5) is 22.1 Å². The average Bonchev–Trinajstić information content (AvgIpc) is 1.61. The number of nitrogens with one attached hydrogen (secondary N) is 1. The van der Waals surface area contributed by atoms with Gasteiger partial charge < -0.3 is 83.1 Å². The number of hydrogen-bond acceptors (Lipinski definition) is 28. The summed E-state index contributed by atoms with van der Waals surface area (Å²) < 4.78 is 33.8. The number of phenolic OH excluding ortho intramolecular Hbond substituents is 5. The highest BCUT2D eigenvalue weighted by Gasteiger charge is 2.33. The van der Waals surface area contributed by atoms with Crippen molar-refractivity contribution < 1.29 is 77.4 Å². The predicted molar refractivity (Wildman–Crippen MR) is 466 cm³/mol. The lowest BCUT2D eigenvalue weighted by atomic mass is 9.98. The van der Waals surface area contributed by atoms with Gasteiger partial charge >= 0.3 is 12.1 Å². The van der Waals surface area contributed by atoms with Gasteiger partial charge in [0.1, 0.15) is 51.3 Å². The van der Waals surface area contributed by atoms with E-state index in [-0.39, 0.29) is 69.2 Å². The van der Waals surface area contributed by atoms with E-state index in [0.29, 0.717) is 172 Å². The molecule has 12 heterocycles. The Labute approximate surface area is 718 Å². The van der Waals surface area contributed by atoms with Crippen LogP contribution >= 0.6 is 0 Å². The number of fused-ring (bicyclic) bond motifs is 8. The topological polar surface area (TPSA) is 388 Å². The SMILES string of the molecule is CC(=O)Oc1ccc([N+](=O)[O-])cc1.CC(C)c1cc(C(=O)N2Cc3ccc(CN4CCN(C(=O)Oc5cccc(-c6nc(N7CCOCC7)c7oc8ncccc8c7n6)c5)CC4)cc3C2)c(O)cc1O.CC(C)c1cc(C(=O)N2Cc3ccc(CN4CCNCC4)cc3C2)c(O)cc1O.Oc1cccc(-c2nc(N3CCOCC3)c3oc4ncccc4c3n2)c1. The lowest BCUT2D eigenvalue weighted by Gasteiger charge is -2.34. The summed E-state index contributed by atoms with van der Waals surface area (Å²) in [5.41, 5.74) is 13.7. The Balaban J connectivity index is 0.000000141. The molecule has 0 aliphatic carbocycles. The first-order valence-corrected chi connectivity index (χ1v) is 41.6. The Morgan fingerprint density at radius 3 is 1.42 bits per heavy atom. The number of nitrogens with zero attached hydrogens (tertiary/aromatic N) is 14. The number of furan rings is 2. The maximum atomic E-state index is 13.5. The van der Waals surface area contributed by atoms with Crippen LogP contribution in [0.3, 0.4) is 0 Å². The maximum Gasteiger partial charge on any atom is 0.415 e. The summed E-state index contributed by atoms with van der Waals surface area (Å²) in [5, 5.41) is 66.1. The van der Waals surface area contributed by atoms with Gasteiger partial charge in [-0.2, -0.15) is 0 Å². The number of pyridine rings is 2. The zero-order valence-electron chi connectivity index (χ0n) is 69.8. The Bertz CT molecular complexity index is 6200. The van der Waals surface area contributed by atoms with Crippen molar-refractivity contribution in [3.8, 4) is 63.0 Å². The molecule has 125 heavy (non-hydrogen) atoms. The van der Waals surface area contributed by atoms with E-state index in [2.05, 4.69) is 76.0 Å². The number of nitro groups is 1. The normalized spacial score (nSPS) is 15.4. The minimum Gasteiger partial charge on any atom is -0.508 e. The smallest absolute Gasteiger partial charge is 0.415 e. The van der Waals surface area contributed by atoms with Crippen LogP contribution in [0.15, 0.2) is 179 Å². The first-order valence-electron chi connectivity index (χ1n) is 41.6. The van der Waals surface area contributed by atoms with Gasteiger partial charge in [0.25, 0.3) is 17.5 Å². The van der Waals surface area contributed by atoms with Crippen LogP contribution in [0.5, 0.6) is 40.2 Å². The van der Waals surface area contributed by atoms with E-state index in [4.69, 9.17) is 43.0 Å². The number of amides is 3. The molecule has 3 amide bonds. The van der Waals surface area contributed by atoms with Crippen LogP contribution in [-0.2, 0) is 53.5 Å². The first kappa shape index (κ1) is 84.7. The molecule has 0 atom stereocenters. The molecular weight excluding hydrogens is 1600 g/mol. The van der Waals surface area contributed by atoms with Crippen LogP contribution in [0.25, 0.3) is 67.2 Å². The summed E-state index contributed by atoms with van der Waals surface area (Å²) in [6, 6.07) is 45.7. The van der Waals surface area contributed by atoms with Crippen molar-refractivity contribution in [2.75, 3.05) is 115 Å². The number of non-ortho nitro benzene ring substituents is 1. The Morgan fingerprint density at radius 1 is 0.480 bits per heavy atom. The fourth-order valence-corrected chi connectivity index (χ4v) is 16.1. The van der Waals surface area contributed by atoms with Crippen molar-refractivity contribution in [2.24, 2.45) is 0 Å². The molecule has 4 fully saturated rings. The number of morpholine rings is 2. The van der Waals surface area contributed by atoms with Crippen LogP contribution in [-0.4, -0.2) is 214 Å². The molecule has 644 valence electrons. The molecule has 0 spiro atoms. The zero-order chi connectivity index (χ0) is 87.1. The summed E-state index contributed by atoms with van der Waals surface area (Å²) in [5.74, 6) is 2.08. The third-order valence-electron chi connectivity index (χ3n) is 22.7. The molecule has 32 nitrogen and oxygen atoms in total. The third-order valence-corrected chi connectivity index (χ3v) is 22.7. The number of anilines is 2. The standard InChI is InChI=1S/C43H43N7O7.C23H29N3O3.C19H16N4O3.C8H7NO4/c1-26(2)33-21-34(36(52)22-35(33)51)42(53)50-24-29-9-8-27(19-30(29)25-50)23-47-11-13-49(14-12-47)43(54)56-31-6-3-5-28(20-31)39-45-37-32-7-4-10-44-41(32)57-38(37)40(46-39)48-15-17-55-18-16-48;1-15(2)19-10-20(22(28)11-21(19)27)23(29)26-13-17-4-3-16(9-18(17)14-26)12-25-7-5-24-6-8-25;24-13-4-1-3-12(11-13)17-21-15-14-5-2-6-20-19(14)26-16(15)18(22-17)23-7-9-25-10-8-23;1-6(10)13-8-4-2-7(3-5-8)9(11)12/h3-10,19-22,26,51-52H,11-18,23-25H2,1-2H3;3-4,9-11,15,24,27-28H,5-8,12-14H2,1-2H3;1-6,11,24H,7-10H2;2-5H,1H3. The molecule has 7 aromatic carbocycles. The van der Waals surface area contributed by atoms with E-state index < -0.39 is 17.0 Å². The number of carbonyl (C=O) groups excluding carboxylic acids is 4. The molecule has 0 bridgehead atoms. The van der Waals surface area contributed by atoms with E-state index in [1.165, 1.54) is 54.4 Å². The monoisotopic (exact) mass is 1690 g/mol. The van der Waals surface area contributed by atoms with Crippen molar-refractivity contribution in [2.45, 2.75) is 85.7 Å². The van der Waals surface area contributed by atoms with Crippen molar-refractivity contribution in [1.29, 1.82) is 0 Å². The number of aromatic hydroxyl groups is 5. The van der Waals surface area contributed by atoms with Gasteiger partial charge in [0.2, 0.25) is 11.4 Å². The number of phenols is 5. The number of esters is 1. The van der Waals surface area contributed by atoms with Crippen molar-refractivity contribution in [1.82, 2.24) is 59.7 Å². The maximum absolute atomic E-state index is 13.5. The summed E-state index contributed by atoms with van der Waals surface area (Å²) in [6.07, 6.45) is 2.98. The number of piperazine rings is 2. The second-order valence-corrected chi connectivity index (χ2v) is 32.0. The molecule has 6 aliphatic rings. The molecule has 0 radical (unpaired) electrons. The largest absolute Gasteiger partial charge is 0.508 e. The first-order chi connectivity index (χ1) is 60.5. The second kappa shape index (κ2) is 37.4. The van der Waals surface area contributed by atoms with E-state index in [1.807, 2.05) is 70.2 Å². The van der Waals surface area contributed by atoms with Gasteiger partial charge in [-0.05, 0) is 129 Å². The Kier molecular flexibility index (Phi) is 25.4. The fraction of sp³-hybridized carbons (Fsp3) is 0.312. The number of rotatable bonds is 15.